The molecule has 39 heavy (non-hydrogen) atoms. The van der Waals surface area contributed by atoms with Crippen molar-refractivity contribution < 1.29 is 13.9 Å². The summed E-state index contributed by atoms with van der Waals surface area (Å²) in [7, 11) is 0.491. The van der Waals surface area contributed by atoms with Gasteiger partial charge in [0.25, 0.3) is 13.9 Å². The first-order chi connectivity index (χ1) is 18.6. The third kappa shape index (κ3) is 6.47. The minimum atomic E-state index is -2.79. The molecule has 1 saturated heterocycles. The van der Waals surface area contributed by atoms with Crippen LogP contribution in [0.25, 0.3) is 0 Å². The number of nitrogens with one attached hydrogen (secondary N) is 1. The van der Waals surface area contributed by atoms with Gasteiger partial charge in [-0.05, 0) is 35.5 Å². The Labute approximate surface area is 239 Å². The van der Waals surface area contributed by atoms with E-state index in [1.165, 1.54) is 14.9 Å². The van der Waals surface area contributed by atoms with Gasteiger partial charge in [-0.15, -0.1) is 0 Å². The zero-order valence-electron chi connectivity index (χ0n) is 23.4. The fourth-order valence-electron chi connectivity index (χ4n) is 5.34. The van der Waals surface area contributed by atoms with Crippen molar-refractivity contribution in [1.82, 2.24) is 9.55 Å². The molecule has 1 unspecified atom stereocenters. The van der Waals surface area contributed by atoms with Gasteiger partial charge in [-0.25, -0.2) is 4.79 Å². The molecule has 0 bridgehead atoms. The minimum Gasteiger partial charge on any atom is -0.405 e. The molecule has 0 radical (unpaired) electrons. The Morgan fingerprint density at radius 2 is 1.67 bits per heavy atom. The van der Waals surface area contributed by atoms with Crippen LogP contribution >= 0.6 is 21.6 Å². The molecule has 0 amide bonds. The van der Waals surface area contributed by atoms with Crippen molar-refractivity contribution in [3.63, 3.8) is 0 Å². The van der Waals surface area contributed by atoms with E-state index in [0.29, 0.717) is 18.6 Å². The van der Waals surface area contributed by atoms with Gasteiger partial charge in [0.05, 0.1) is 12.7 Å². The summed E-state index contributed by atoms with van der Waals surface area (Å²) in [6.45, 7) is 10.7. The number of aromatic amines is 1. The fourth-order valence-corrected chi connectivity index (χ4v) is 11.3. The molecule has 210 valence electrons. The highest BCUT2D eigenvalue weighted by atomic mass is 33.1. The van der Waals surface area contributed by atoms with E-state index in [1.54, 1.807) is 34.7 Å². The van der Waals surface area contributed by atoms with Crippen LogP contribution in [0.3, 0.4) is 0 Å². The zero-order chi connectivity index (χ0) is 28.2. The van der Waals surface area contributed by atoms with Crippen LogP contribution in [0, 0.1) is 6.92 Å². The summed E-state index contributed by atoms with van der Waals surface area (Å²) in [6, 6.07) is 21.0. The van der Waals surface area contributed by atoms with Gasteiger partial charge in [0.1, 0.15) is 17.8 Å². The monoisotopic (exact) mass is 586 g/mol. The van der Waals surface area contributed by atoms with Crippen molar-refractivity contribution in [1.29, 1.82) is 0 Å². The summed E-state index contributed by atoms with van der Waals surface area (Å²) in [5.41, 5.74) is -0.501. The number of ether oxygens (including phenoxy) is 2. The summed E-state index contributed by atoms with van der Waals surface area (Å²) < 4.78 is 21.5. The maximum Gasteiger partial charge on any atom is 0.330 e. The minimum absolute atomic E-state index is 0.0725. The number of aryl methyl sites for hydroxylation is 1. The first-order valence-electron chi connectivity index (χ1n) is 13.1. The second kappa shape index (κ2) is 12.6. The Kier molecular flexibility index (Phi) is 9.67. The van der Waals surface area contributed by atoms with Crippen molar-refractivity contribution >= 4 is 40.3 Å². The number of hydrogen-bond acceptors (Lipinski definition) is 7. The predicted octanol–water partition coefficient (Wildman–Crippen LogP) is 4.45. The standard InChI is InChI=1S/C29H38N2O5S2Si/c1-20-18-31(28(33)30-27(20)32)26-17-24(35-21(2)38-37-6)25(36-26)19-34-39(29(3,4)5,22-13-9-7-10-14-22)23-15-11-8-12-16-23/h7-16,18,21,24-26H,17,19H2,1-6H3,(H,30,32,33)/t21-,24?,25+,26+/m0/s1. The summed E-state index contributed by atoms with van der Waals surface area (Å²) in [4.78, 5) is 27.1. The van der Waals surface area contributed by atoms with E-state index in [4.69, 9.17) is 13.9 Å². The van der Waals surface area contributed by atoms with Crippen LogP contribution in [0.5, 0.6) is 0 Å². The van der Waals surface area contributed by atoms with Gasteiger partial charge in [0.15, 0.2) is 0 Å². The molecule has 0 spiro atoms. The van der Waals surface area contributed by atoms with Crippen LogP contribution in [0.2, 0.25) is 5.04 Å². The van der Waals surface area contributed by atoms with Crippen molar-refractivity contribution in [3.05, 3.63) is 93.3 Å². The highest BCUT2D eigenvalue weighted by Crippen LogP contribution is 2.39. The van der Waals surface area contributed by atoms with Crippen LogP contribution in [0.1, 0.15) is 45.9 Å². The average Bonchev–Trinajstić information content (AvgIpc) is 3.29. The summed E-state index contributed by atoms with van der Waals surface area (Å²) in [5, 5.41) is 2.20. The molecular formula is C29H38N2O5S2Si. The van der Waals surface area contributed by atoms with Crippen molar-refractivity contribution in [2.45, 2.75) is 69.9 Å². The van der Waals surface area contributed by atoms with Crippen LogP contribution in [-0.4, -0.2) is 48.4 Å². The molecule has 4 rings (SSSR count). The van der Waals surface area contributed by atoms with Gasteiger partial charge in [-0.1, -0.05) is 103 Å². The lowest BCUT2D eigenvalue weighted by atomic mass is 10.2. The third-order valence-electron chi connectivity index (χ3n) is 7.12. The molecule has 3 aromatic rings. The van der Waals surface area contributed by atoms with E-state index >= 15 is 0 Å². The summed E-state index contributed by atoms with van der Waals surface area (Å²) in [6.07, 6.45) is 2.79. The Morgan fingerprint density at radius 3 is 2.21 bits per heavy atom. The molecule has 1 N–H and O–H groups in total. The quantitative estimate of drug-likeness (QED) is 0.214. The van der Waals surface area contributed by atoms with E-state index in [0.717, 1.165) is 0 Å². The molecule has 1 fully saturated rings. The number of benzene rings is 2. The maximum atomic E-state index is 12.7. The average molecular weight is 587 g/mol. The summed E-state index contributed by atoms with van der Waals surface area (Å²) >= 11 is 0. The Balaban J connectivity index is 1.70. The number of rotatable bonds is 10. The van der Waals surface area contributed by atoms with Crippen molar-refractivity contribution in [2.75, 3.05) is 12.9 Å². The number of hydrogen-bond donors (Lipinski definition) is 1. The lowest BCUT2D eigenvalue weighted by molar-refractivity contribution is -0.0616. The Hall–Kier alpha value is -2.08. The second-order valence-corrected chi connectivity index (χ2v) is 17.9. The van der Waals surface area contributed by atoms with Gasteiger partial charge >= 0.3 is 5.69 Å². The van der Waals surface area contributed by atoms with Gasteiger partial charge in [0, 0.05) is 18.2 Å². The first-order valence-corrected chi connectivity index (χ1v) is 17.7. The van der Waals surface area contributed by atoms with E-state index in [-0.39, 0.29) is 16.6 Å². The molecule has 2 heterocycles. The first kappa shape index (κ1) is 29.9. The van der Waals surface area contributed by atoms with Gasteiger partial charge < -0.3 is 13.9 Å². The molecule has 0 aliphatic carbocycles. The van der Waals surface area contributed by atoms with Crippen molar-refractivity contribution in [3.8, 4) is 0 Å². The molecule has 0 saturated carbocycles. The molecule has 10 heteroatoms. The number of nitrogens with zero attached hydrogens (tertiary/aromatic N) is 1. The molecule has 2 aromatic carbocycles. The highest BCUT2D eigenvalue weighted by Gasteiger charge is 2.51. The topological polar surface area (TPSA) is 82.6 Å². The van der Waals surface area contributed by atoms with Crippen molar-refractivity contribution in [2.24, 2.45) is 0 Å². The number of H-pyrrole nitrogens is 1. The molecule has 1 aromatic heterocycles. The SMILES string of the molecule is CSS[C@@H](C)OC1C[C@H](n2cc(C)c(=O)[nH]c2=O)O[C@@H]1CO[Si](c1ccccc1)(c1ccccc1)C(C)(C)C. The normalized spacial score (nSPS) is 20.7. The molecule has 1 aliphatic rings. The highest BCUT2D eigenvalue weighted by molar-refractivity contribution is 8.76. The van der Waals surface area contributed by atoms with E-state index in [2.05, 4.69) is 74.3 Å². The Morgan fingerprint density at radius 1 is 1.08 bits per heavy atom. The molecule has 1 aliphatic heterocycles. The van der Waals surface area contributed by atoms with Crippen LogP contribution < -0.4 is 21.6 Å². The van der Waals surface area contributed by atoms with Crippen LogP contribution in [0.15, 0.2) is 76.4 Å². The van der Waals surface area contributed by atoms with Gasteiger partial charge in [-0.2, -0.15) is 0 Å². The smallest absolute Gasteiger partial charge is 0.330 e. The molecule has 7 nitrogen and oxygen atoms in total. The van der Waals surface area contributed by atoms with E-state index in [9.17, 15) is 9.59 Å². The number of aromatic nitrogens is 2. The van der Waals surface area contributed by atoms with Gasteiger partial charge in [-0.3, -0.25) is 14.3 Å². The zero-order valence-corrected chi connectivity index (χ0v) is 26.0. The van der Waals surface area contributed by atoms with Gasteiger partial charge in [0.2, 0.25) is 0 Å². The predicted molar refractivity (Wildman–Crippen MR) is 164 cm³/mol. The summed E-state index contributed by atoms with van der Waals surface area (Å²) in [5.74, 6) is 0. The van der Waals surface area contributed by atoms with Crippen LogP contribution in [-0.2, 0) is 13.9 Å². The van der Waals surface area contributed by atoms with E-state index in [1.807, 2.05) is 25.3 Å². The van der Waals surface area contributed by atoms with E-state index < -0.39 is 31.9 Å². The molecule has 4 atom stereocenters. The third-order valence-corrected chi connectivity index (χ3v) is 14.1. The largest absolute Gasteiger partial charge is 0.405 e. The lowest BCUT2D eigenvalue weighted by Crippen LogP contribution is -2.67. The Bertz CT molecular complexity index is 1300. The lowest BCUT2D eigenvalue weighted by Gasteiger charge is -2.43. The fraction of sp³-hybridized carbons (Fsp3) is 0.448. The second-order valence-electron chi connectivity index (χ2n) is 10.8. The maximum absolute atomic E-state index is 12.7. The molecular weight excluding hydrogens is 549 g/mol. The van der Waals surface area contributed by atoms with Crippen LogP contribution in [0.4, 0.5) is 0 Å².